The number of amides is 1. The molecule has 1 heterocycles. The summed E-state index contributed by atoms with van der Waals surface area (Å²) in [7, 11) is 0. The van der Waals surface area contributed by atoms with Gasteiger partial charge in [0, 0.05) is 19.3 Å². The summed E-state index contributed by atoms with van der Waals surface area (Å²) in [4.78, 5) is 14.6. The van der Waals surface area contributed by atoms with Gasteiger partial charge in [0.05, 0.1) is 0 Å². The first-order valence-electron chi connectivity index (χ1n) is 8.33. The first-order chi connectivity index (χ1) is 12.2. The van der Waals surface area contributed by atoms with Crippen LogP contribution in [0.15, 0.2) is 66.9 Å². The van der Waals surface area contributed by atoms with Gasteiger partial charge in [0.1, 0.15) is 11.5 Å². The SMILES string of the molecule is CCCN(Cc1ccccc1)C(=O)c1ccn(-c2ccccc2F)n1. The Morgan fingerprint density at radius 3 is 2.52 bits per heavy atom. The summed E-state index contributed by atoms with van der Waals surface area (Å²) in [6.07, 6.45) is 2.46. The van der Waals surface area contributed by atoms with Crippen molar-refractivity contribution in [1.82, 2.24) is 14.7 Å². The molecule has 0 unspecified atom stereocenters. The number of benzene rings is 2. The van der Waals surface area contributed by atoms with Gasteiger partial charge in [-0.25, -0.2) is 9.07 Å². The molecule has 0 atom stereocenters. The maximum absolute atomic E-state index is 13.9. The number of carbonyl (C=O) groups is 1. The van der Waals surface area contributed by atoms with Crippen molar-refractivity contribution in [2.75, 3.05) is 6.54 Å². The van der Waals surface area contributed by atoms with E-state index < -0.39 is 0 Å². The number of rotatable bonds is 6. The average molecular weight is 337 g/mol. The van der Waals surface area contributed by atoms with Crippen molar-refractivity contribution in [1.29, 1.82) is 0 Å². The lowest BCUT2D eigenvalue weighted by atomic mass is 10.2. The second-order valence-electron chi connectivity index (χ2n) is 5.81. The van der Waals surface area contributed by atoms with E-state index in [4.69, 9.17) is 0 Å². The van der Waals surface area contributed by atoms with Gasteiger partial charge in [-0.2, -0.15) is 5.10 Å². The molecule has 0 radical (unpaired) electrons. The number of aromatic nitrogens is 2. The van der Waals surface area contributed by atoms with Crippen LogP contribution < -0.4 is 0 Å². The molecule has 0 aliphatic rings. The minimum Gasteiger partial charge on any atom is -0.333 e. The summed E-state index contributed by atoms with van der Waals surface area (Å²) in [5, 5.41) is 4.27. The van der Waals surface area contributed by atoms with E-state index in [2.05, 4.69) is 5.10 Å². The van der Waals surface area contributed by atoms with Crippen LogP contribution in [0.5, 0.6) is 0 Å². The van der Waals surface area contributed by atoms with E-state index in [1.807, 2.05) is 37.3 Å². The lowest BCUT2D eigenvalue weighted by Gasteiger charge is -2.21. The molecule has 128 valence electrons. The van der Waals surface area contributed by atoms with Gasteiger partial charge in [-0.3, -0.25) is 4.79 Å². The molecular weight excluding hydrogens is 317 g/mol. The highest BCUT2D eigenvalue weighted by Crippen LogP contribution is 2.14. The second-order valence-corrected chi connectivity index (χ2v) is 5.81. The third kappa shape index (κ3) is 3.94. The molecule has 25 heavy (non-hydrogen) atoms. The molecule has 2 aromatic carbocycles. The molecule has 0 spiro atoms. The quantitative estimate of drug-likeness (QED) is 0.680. The maximum Gasteiger partial charge on any atom is 0.274 e. The summed E-state index contributed by atoms with van der Waals surface area (Å²) in [5.74, 6) is -0.528. The number of para-hydroxylation sites is 1. The van der Waals surface area contributed by atoms with Crippen molar-refractivity contribution < 1.29 is 9.18 Å². The highest BCUT2D eigenvalue weighted by Gasteiger charge is 2.18. The van der Waals surface area contributed by atoms with E-state index in [1.54, 1.807) is 35.4 Å². The minimum absolute atomic E-state index is 0.152. The Labute approximate surface area is 146 Å². The summed E-state index contributed by atoms with van der Waals surface area (Å²) in [6.45, 7) is 3.20. The molecule has 0 aliphatic heterocycles. The van der Waals surface area contributed by atoms with Crippen molar-refractivity contribution in [3.05, 3.63) is 83.9 Å². The fourth-order valence-corrected chi connectivity index (χ4v) is 2.70. The Morgan fingerprint density at radius 1 is 1.08 bits per heavy atom. The van der Waals surface area contributed by atoms with E-state index >= 15 is 0 Å². The van der Waals surface area contributed by atoms with Crippen LogP contribution in [0.25, 0.3) is 5.69 Å². The first kappa shape index (κ1) is 16.9. The number of nitrogens with zero attached hydrogens (tertiary/aromatic N) is 3. The van der Waals surface area contributed by atoms with Crippen molar-refractivity contribution >= 4 is 5.91 Å². The van der Waals surface area contributed by atoms with E-state index in [1.165, 1.54) is 10.7 Å². The molecule has 5 heteroatoms. The average Bonchev–Trinajstić information content (AvgIpc) is 3.12. The Morgan fingerprint density at radius 2 is 1.80 bits per heavy atom. The smallest absolute Gasteiger partial charge is 0.274 e. The largest absolute Gasteiger partial charge is 0.333 e. The normalized spacial score (nSPS) is 10.6. The highest BCUT2D eigenvalue weighted by molar-refractivity contribution is 5.92. The molecule has 4 nitrogen and oxygen atoms in total. The van der Waals surface area contributed by atoms with E-state index in [0.717, 1.165) is 12.0 Å². The van der Waals surface area contributed by atoms with Gasteiger partial charge < -0.3 is 4.90 Å². The molecule has 0 saturated heterocycles. The van der Waals surface area contributed by atoms with E-state index in [-0.39, 0.29) is 11.7 Å². The van der Waals surface area contributed by atoms with Crippen LogP contribution >= 0.6 is 0 Å². The van der Waals surface area contributed by atoms with Crippen molar-refractivity contribution in [3.63, 3.8) is 0 Å². The van der Waals surface area contributed by atoms with Crippen LogP contribution in [0.4, 0.5) is 4.39 Å². The third-order valence-corrected chi connectivity index (χ3v) is 3.90. The molecule has 0 bridgehead atoms. The molecule has 3 aromatic rings. The molecule has 1 amide bonds. The van der Waals surface area contributed by atoms with Crippen LogP contribution in [0, 0.1) is 5.82 Å². The van der Waals surface area contributed by atoms with Gasteiger partial charge in [-0.05, 0) is 30.2 Å². The summed E-state index contributed by atoms with van der Waals surface area (Å²) >= 11 is 0. The highest BCUT2D eigenvalue weighted by atomic mass is 19.1. The Balaban J connectivity index is 1.82. The molecule has 0 aliphatic carbocycles. The van der Waals surface area contributed by atoms with Gasteiger partial charge >= 0.3 is 0 Å². The fourth-order valence-electron chi connectivity index (χ4n) is 2.70. The fraction of sp³-hybridized carbons (Fsp3) is 0.200. The predicted octanol–water partition coefficient (Wildman–Crippen LogP) is 4.06. The third-order valence-electron chi connectivity index (χ3n) is 3.90. The zero-order chi connectivity index (χ0) is 17.6. The lowest BCUT2D eigenvalue weighted by Crippen LogP contribution is -2.31. The summed E-state index contributed by atoms with van der Waals surface area (Å²) in [6, 6.07) is 17.8. The lowest BCUT2D eigenvalue weighted by molar-refractivity contribution is 0.0736. The zero-order valence-electron chi connectivity index (χ0n) is 14.1. The first-order valence-corrected chi connectivity index (χ1v) is 8.33. The standard InChI is InChI=1S/C20H20FN3O/c1-2-13-23(15-16-8-4-3-5-9-16)20(25)18-12-14-24(22-18)19-11-7-6-10-17(19)21/h3-12,14H,2,13,15H2,1H3. The zero-order valence-corrected chi connectivity index (χ0v) is 14.1. The van der Waals surface area contributed by atoms with Crippen LogP contribution in [0.3, 0.4) is 0 Å². The monoisotopic (exact) mass is 337 g/mol. The summed E-state index contributed by atoms with van der Waals surface area (Å²) < 4.78 is 15.3. The Bertz CT molecular complexity index is 845. The van der Waals surface area contributed by atoms with Crippen LogP contribution in [0.2, 0.25) is 0 Å². The van der Waals surface area contributed by atoms with Crippen LogP contribution in [-0.4, -0.2) is 27.1 Å². The summed E-state index contributed by atoms with van der Waals surface area (Å²) in [5.41, 5.74) is 1.71. The van der Waals surface area contributed by atoms with Crippen LogP contribution in [-0.2, 0) is 6.54 Å². The Hall–Kier alpha value is -2.95. The molecule has 3 rings (SSSR count). The molecule has 0 saturated carbocycles. The van der Waals surface area contributed by atoms with Crippen molar-refractivity contribution in [2.24, 2.45) is 0 Å². The number of halogens is 1. The topological polar surface area (TPSA) is 38.1 Å². The molecule has 0 N–H and O–H groups in total. The van der Waals surface area contributed by atoms with Crippen molar-refractivity contribution in [2.45, 2.75) is 19.9 Å². The minimum atomic E-state index is -0.376. The van der Waals surface area contributed by atoms with E-state index in [0.29, 0.717) is 24.5 Å². The Kier molecular flexibility index (Phi) is 5.23. The predicted molar refractivity (Wildman–Crippen MR) is 95.0 cm³/mol. The maximum atomic E-state index is 13.9. The van der Waals surface area contributed by atoms with Crippen molar-refractivity contribution in [3.8, 4) is 5.69 Å². The van der Waals surface area contributed by atoms with Gasteiger partial charge in [0.2, 0.25) is 0 Å². The van der Waals surface area contributed by atoms with Gasteiger partial charge in [-0.1, -0.05) is 49.4 Å². The molecule has 0 fully saturated rings. The molecular formula is C20H20FN3O. The molecule has 1 aromatic heterocycles. The van der Waals surface area contributed by atoms with Crippen LogP contribution in [0.1, 0.15) is 29.4 Å². The van der Waals surface area contributed by atoms with Gasteiger partial charge in [0.15, 0.2) is 5.69 Å². The number of hydrogen-bond acceptors (Lipinski definition) is 2. The number of hydrogen-bond donors (Lipinski definition) is 0. The number of carbonyl (C=O) groups excluding carboxylic acids is 1. The second kappa shape index (κ2) is 7.75. The van der Waals surface area contributed by atoms with Gasteiger partial charge in [0.25, 0.3) is 5.91 Å². The van der Waals surface area contributed by atoms with E-state index in [9.17, 15) is 9.18 Å². The van der Waals surface area contributed by atoms with Gasteiger partial charge in [-0.15, -0.1) is 0 Å².